The molecule has 0 aliphatic carbocycles. The predicted octanol–water partition coefficient (Wildman–Crippen LogP) is 4.02. The summed E-state index contributed by atoms with van der Waals surface area (Å²) in [6, 6.07) is 17.3. The number of rotatable bonds is 8. The molecule has 1 atom stereocenters. The standard InChI is InChI=1S/C23H29ClN2O3S/c1-18(11-12-19-7-3-2-4-8-19)25-23(27)20-13-15-26(16-14-20)30(28,29)17-21-9-5-6-10-22(21)24/h2-10,18,20H,11-17H2,1H3,(H,25,27). The third kappa shape index (κ3) is 6.30. The number of hydrogen-bond donors (Lipinski definition) is 1. The number of hydrogen-bond acceptors (Lipinski definition) is 3. The van der Waals surface area contributed by atoms with Gasteiger partial charge in [-0.15, -0.1) is 0 Å². The number of aryl methyl sites for hydroxylation is 1. The highest BCUT2D eigenvalue weighted by Gasteiger charge is 2.31. The summed E-state index contributed by atoms with van der Waals surface area (Å²) in [7, 11) is -3.45. The molecule has 7 heteroatoms. The van der Waals surface area contributed by atoms with Crippen LogP contribution >= 0.6 is 11.6 Å². The van der Waals surface area contributed by atoms with Crippen LogP contribution in [0.5, 0.6) is 0 Å². The molecule has 1 aliphatic heterocycles. The molecule has 30 heavy (non-hydrogen) atoms. The van der Waals surface area contributed by atoms with Crippen molar-refractivity contribution in [1.82, 2.24) is 9.62 Å². The van der Waals surface area contributed by atoms with E-state index in [0.29, 0.717) is 36.5 Å². The van der Waals surface area contributed by atoms with Crippen LogP contribution in [-0.2, 0) is 27.0 Å². The summed E-state index contributed by atoms with van der Waals surface area (Å²) < 4.78 is 27.0. The van der Waals surface area contributed by atoms with Crippen LogP contribution in [0.25, 0.3) is 0 Å². The lowest BCUT2D eigenvalue weighted by Crippen LogP contribution is -2.45. The third-order valence-corrected chi connectivity index (χ3v) is 7.81. The van der Waals surface area contributed by atoms with Crippen LogP contribution in [0.3, 0.4) is 0 Å². The number of amides is 1. The Bertz CT molecular complexity index is 942. The molecule has 0 bridgehead atoms. The number of halogens is 1. The van der Waals surface area contributed by atoms with Gasteiger partial charge in [-0.25, -0.2) is 12.7 Å². The van der Waals surface area contributed by atoms with E-state index in [4.69, 9.17) is 11.6 Å². The molecule has 3 rings (SSSR count). The highest BCUT2D eigenvalue weighted by molar-refractivity contribution is 7.88. The van der Waals surface area contributed by atoms with E-state index < -0.39 is 10.0 Å². The minimum atomic E-state index is -3.45. The van der Waals surface area contributed by atoms with Gasteiger partial charge in [-0.3, -0.25) is 4.79 Å². The van der Waals surface area contributed by atoms with Gasteiger partial charge in [0.25, 0.3) is 0 Å². The SMILES string of the molecule is CC(CCc1ccccc1)NC(=O)C1CCN(S(=O)(=O)Cc2ccccc2Cl)CC1. The highest BCUT2D eigenvalue weighted by Crippen LogP contribution is 2.24. The van der Waals surface area contributed by atoms with E-state index in [1.54, 1.807) is 24.3 Å². The first-order valence-corrected chi connectivity index (χ1v) is 12.4. The molecule has 0 aromatic heterocycles. The lowest BCUT2D eigenvalue weighted by Gasteiger charge is -2.31. The lowest BCUT2D eigenvalue weighted by atomic mass is 9.96. The molecule has 1 heterocycles. The molecule has 1 amide bonds. The van der Waals surface area contributed by atoms with Gasteiger partial charge in [-0.05, 0) is 49.8 Å². The van der Waals surface area contributed by atoms with Crippen molar-refractivity contribution in [3.8, 4) is 0 Å². The number of sulfonamides is 1. The van der Waals surface area contributed by atoms with E-state index in [1.807, 2.05) is 25.1 Å². The molecule has 2 aromatic carbocycles. The Labute approximate surface area is 184 Å². The number of piperidine rings is 1. The zero-order valence-electron chi connectivity index (χ0n) is 17.3. The Balaban J connectivity index is 1.46. The Morgan fingerprint density at radius 2 is 1.73 bits per heavy atom. The molecule has 1 fully saturated rings. The first kappa shape index (κ1) is 22.8. The van der Waals surface area contributed by atoms with Gasteiger partial charge in [-0.2, -0.15) is 0 Å². The van der Waals surface area contributed by atoms with Gasteiger partial charge in [0, 0.05) is 30.1 Å². The smallest absolute Gasteiger partial charge is 0.223 e. The van der Waals surface area contributed by atoms with Crippen LogP contribution in [0, 0.1) is 5.92 Å². The summed E-state index contributed by atoms with van der Waals surface area (Å²) in [6.45, 7) is 2.75. The molecule has 0 saturated carbocycles. The van der Waals surface area contributed by atoms with Crippen LogP contribution in [0.4, 0.5) is 0 Å². The first-order chi connectivity index (χ1) is 14.3. The second-order valence-corrected chi connectivity index (χ2v) is 10.3. The van der Waals surface area contributed by atoms with Crippen LogP contribution < -0.4 is 5.32 Å². The average Bonchev–Trinajstić information content (AvgIpc) is 2.74. The van der Waals surface area contributed by atoms with Gasteiger partial charge in [-0.1, -0.05) is 60.1 Å². The van der Waals surface area contributed by atoms with Gasteiger partial charge < -0.3 is 5.32 Å². The van der Waals surface area contributed by atoms with Crippen molar-refractivity contribution in [1.29, 1.82) is 0 Å². The zero-order valence-corrected chi connectivity index (χ0v) is 18.8. The van der Waals surface area contributed by atoms with Crippen molar-refractivity contribution >= 4 is 27.5 Å². The summed E-state index contributed by atoms with van der Waals surface area (Å²) >= 11 is 6.11. The van der Waals surface area contributed by atoms with Crippen LogP contribution in [-0.4, -0.2) is 37.8 Å². The van der Waals surface area contributed by atoms with Crippen molar-refractivity contribution in [2.24, 2.45) is 5.92 Å². The van der Waals surface area contributed by atoms with E-state index >= 15 is 0 Å². The molecule has 162 valence electrons. The zero-order chi connectivity index (χ0) is 21.6. The molecule has 2 aromatic rings. The van der Waals surface area contributed by atoms with Crippen molar-refractivity contribution in [3.05, 3.63) is 70.7 Å². The van der Waals surface area contributed by atoms with E-state index in [9.17, 15) is 13.2 Å². The van der Waals surface area contributed by atoms with Crippen molar-refractivity contribution in [3.63, 3.8) is 0 Å². The number of nitrogens with zero attached hydrogens (tertiary/aromatic N) is 1. The summed E-state index contributed by atoms with van der Waals surface area (Å²) in [5.41, 5.74) is 1.86. The molecule has 5 nitrogen and oxygen atoms in total. The van der Waals surface area contributed by atoms with Gasteiger partial charge in [0.05, 0.1) is 5.75 Å². The summed E-state index contributed by atoms with van der Waals surface area (Å²) in [6.07, 6.45) is 2.87. The number of carbonyl (C=O) groups excluding carboxylic acids is 1. The monoisotopic (exact) mass is 448 g/mol. The largest absolute Gasteiger partial charge is 0.353 e. The van der Waals surface area contributed by atoms with Gasteiger partial charge in [0.15, 0.2) is 0 Å². The quantitative estimate of drug-likeness (QED) is 0.663. The second kappa shape index (κ2) is 10.4. The molecular weight excluding hydrogens is 420 g/mol. The number of carbonyl (C=O) groups is 1. The fourth-order valence-corrected chi connectivity index (χ4v) is 5.64. The second-order valence-electron chi connectivity index (χ2n) is 7.95. The maximum Gasteiger partial charge on any atom is 0.223 e. The number of benzene rings is 2. The molecule has 1 aliphatic rings. The van der Waals surface area contributed by atoms with Crippen LogP contribution in [0.15, 0.2) is 54.6 Å². The molecular formula is C23H29ClN2O3S. The lowest BCUT2D eigenvalue weighted by molar-refractivity contribution is -0.126. The minimum Gasteiger partial charge on any atom is -0.353 e. The fraction of sp³-hybridized carbons (Fsp3) is 0.435. The Morgan fingerprint density at radius 1 is 1.10 bits per heavy atom. The normalized spacial score (nSPS) is 16.9. The van der Waals surface area contributed by atoms with E-state index in [2.05, 4.69) is 17.4 Å². The number of nitrogens with one attached hydrogen (secondary N) is 1. The topological polar surface area (TPSA) is 66.5 Å². The Hall–Kier alpha value is -1.89. The van der Waals surface area contributed by atoms with E-state index in [1.165, 1.54) is 9.87 Å². The van der Waals surface area contributed by atoms with Crippen molar-refractivity contribution in [2.75, 3.05) is 13.1 Å². The maximum absolute atomic E-state index is 12.7. The average molecular weight is 449 g/mol. The summed E-state index contributed by atoms with van der Waals surface area (Å²) in [5, 5.41) is 3.55. The molecule has 0 spiro atoms. The maximum atomic E-state index is 12.7. The highest BCUT2D eigenvalue weighted by atomic mass is 35.5. The van der Waals surface area contributed by atoms with Crippen molar-refractivity contribution < 1.29 is 13.2 Å². The molecule has 0 radical (unpaired) electrons. The predicted molar refractivity (Wildman–Crippen MR) is 121 cm³/mol. The Kier molecular flexibility index (Phi) is 7.92. The van der Waals surface area contributed by atoms with Gasteiger partial charge in [0.1, 0.15) is 0 Å². The minimum absolute atomic E-state index is 0.0266. The molecule has 1 saturated heterocycles. The van der Waals surface area contributed by atoms with E-state index in [0.717, 1.165) is 12.8 Å². The van der Waals surface area contributed by atoms with Gasteiger partial charge in [0.2, 0.25) is 15.9 Å². The first-order valence-electron chi connectivity index (χ1n) is 10.4. The summed E-state index contributed by atoms with van der Waals surface area (Å²) in [4.78, 5) is 12.6. The molecule has 1 N–H and O–H groups in total. The van der Waals surface area contributed by atoms with Crippen LogP contribution in [0.2, 0.25) is 5.02 Å². The Morgan fingerprint density at radius 3 is 2.40 bits per heavy atom. The summed E-state index contributed by atoms with van der Waals surface area (Å²) in [5.74, 6) is -0.227. The van der Waals surface area contributed by atoms with Gasteiger partial charge >= 0.3 is 0 Å². The van der Waals surface area contributed by atoms with Crippen molar-refractivity contribution in [2.45, 2.75) is 44.4 Å². The third-order valence-electron chi connectivity index (χ3n) is 5.61. The fourth-order valence-electron chi connectivity index (χ4n) is 3.76. The van der Waals surface area contributed by atoms with Crippen LogP contribution in [0.1, 0.15) is 37.3 Å². The molecule has 1 unspecified atom stereocenters. The van der Waals surface area contributed by atoms with E-state index in [-0.39, 0.29) is 23.6 Å².